The van der Waals surface area contributed by atoms with E-state index in [1.165, 1.54) is 16.7 Å². The van der Waals surface area contributed by atoms with Crippen LogP contribution in [0.5, 0.6) is 0 Å². The van der Waals surface area contributed by atoms with Crippen LogP contribution in [0.3, 0.4) is 0 Å². The fourth-order valence-electron chi connectivity index (χ4n) is 4.02. The minimum Gasteiger partial charge on any atom is -0.356 e. The Bertz CT molecular complexity index is 1210. The summed E-state index contributed by atoms with van der Waals surface area (Å²) in [6, 6.07) is 4.35. The van der Waals surface area contributed by atoms with Gasteiger partial charge in [0.1, 0.15) is 5.82 Å². The third-order valence-electron chi connectivity index (χ3n) is 5.91. The van der Waals surface area contributed by atoms with Crippen molar-refractivity contribution >= 4 is 22.8 Å². The molecule has 144 valence electrons. The molecular weight excluding hydrogens is 361 g/mol. The number of amides is 1. The quantitative estimate of drug-likeness (QED) is 0.650. The number of carbonyl (C=O) groups is 1. The summed E-state index contributed by atoms with van der Waals surface area (Å²) in [5.74, 6) is -0.264. The van der Waals surface area contributed by atoms with Crippen LogP contribution >= 0.6 is 0 Å². The average Bonchev–Trinajstić information content (AvgIpc) is 3.20. The van der Waals surface area contributed by atoms with Crippen molar-refractivity contribution in [1.29, 1.82) is 0 Å². The van der Waals surface area contributed by atoms with E-state index in [4.69, 9.17) is 0 Å². The van der Waals surface area contributed by atoms with E-state index in [-0.39, 0.29) is 28.1 Å². The van der Waals surface area contributed by atoms with Crippen LogP contribution in [0.1, 0.15) is 42.2 Å². The number of anilines is 1. The highest BCUT2D eigenvalue weighted by molar-refractivity contribution is 6.01. The van der Waals surface area contributed by atoms with E-state index < -0.39 is 5.82 Å². The summed E-state index contributed by atoms with van der Waals surface area (Å²) in [4.78, 5) is 32.6. The van der Waals surface area contributed by atoms with Crippen molar-refractivity contribution in [3.05, 3.63) is 45.6 Å². The van der Waals surface area contributed by atoms with E-state index >= 15 is 0 Å². The highest BCUT2D eigenvalue weighted by atomic mass is 19.1. The second-order valence-electron chi connectivity index (χ2n) is 7.92. The summed E-state index contributed by atoms with van der Waals surface area (Å²) in [5.41, 5.74) is 1.80. The molecule has 0 spiro atoms. The van der Waals surface area contributed by atoms with E-state index in [1.54, 1.807) is 13.1 Å². The predicted molar refractivity (Wildman–Crippen MR) is 104 cm³/mol. The number of hydrogen-bond donors (Lipinski definition) is 3. The SMILES string of the molecule is Cn1c(NC2(C)CCC2)nc2c(-c3cc4c([nH]3)CNC4=O)c(F)ccc2c1=O. The van der Waals surface area contributed by atoms with Crippen LogP contribution in [0.2, 0.25) is 0 Å². The number of aromatic nitrogens is 3. The Morgan fingerprint density at radius 2 is 2.07 bits per heavy atom. The fraction of sp³-hybridized carbons (Fsp3) is 0.350. The van der Waals surface area contributed by atoms with Crippen LogP contribution in [-0.2, 0) is 13.6 Å². The number of fused-ring (bicyclic) bond motifs is 2. The van der Waals surface area contributed by atoms with Crippen molar-refractivity contribution in [2.75, 3.05) is 5.32 Å². The second-order valence-corrected chi connectivity index (χ2v) is 7.92. The molecule has 8 heteroatoms. The normalized spacial score (nSPS) is 17.3. The number of halogens is 1. The molecule has 2 aliphatic rings. The summed E-state index contributed by atoms with van der Waals surface area (Å²) in [6.07, 6.45) is 3.12. The van der Waals surface area contributed by atoms with Gasteiger partial charge in [0.15, 0.2) is 0 Å². The van der Waals surface area contributed by atoms with Crippen molar-refractivity contribution in [2.24, 2.45) is 7.05 Å². The Balaban J connectivity index is 1.73. The van der Waals surface area contributed by atoms with E-state index in [2.05, 4.69) is 27.5 Å². The zero-order valence-electron chi connectivity index (χ0n) is 15.6. The number of benzene rings is 1. The van der Waals surface area contributed by atoms with Gasteiger partial charge in [0.25, 0.3) is 11.5 Å². The van der Waals surface area contributed by atoms with E-state index in [9.17, 15) is 14.0 Å². The smallest absolute Gasteiger partial charge is 0.262 e. The fourth-order valence-corrected chi connectivity index (χ4v) is 4.02. The molecule has 0 bridgehead atoms. The molecule has 3 heterocycles. The van der Waals surface area contributed by atoms with E-state index in [0.29, 0.717) is 34.8 Å². The standard InChI is InChI=1S/C20H20FN5O2/c1-20(6-3-7-20)25-19-24-16-10(18(28)26(19)2)4-5-12(21)15(16)13-8-11-14(23-13)9-22-17(11)27/h4-5,8,23H,3,6-7,9H2,1-2H3,(H,22,27)(H,24,25). The van der Waals surface area contributed by atoms with E-state index in [0.717, 1.165) is 19.3 Å². The van der Waals surface area contributed by atoms with Crippen LogP contribution in [0.15, 0.2) is 23.0 Å². The van der Waals surface area contributed by atoms with Crippen LogP contribution < -0.4 is 16.2 Å². The minimum atomic E-state index is -0.491. The van der Waals surface area contributed by atoms with Crippen molar-refractivity contribution < 1.29 is 9.18 Å². The molecule has 7 nitrogen and oxygen atoms in total. The zero-order valence-corrected chi connectivity index (χ0v) is 15.6. The van der Waals surface area contributed by atoms with Gasteiger partial charge in [-0.05, 0) is 44.4 Å². The third kappa shape index (κ3) is 2.37. The predicted octanol–water partition coefficient (Wildman–Crippen LogP) is 2.67. The molecule has 5 rings (SSSR count). The molecule has 1 aliphatic carbocycles. The number of carbonyl (C=O) groups excluding carboxylic acids is 1. The lowest BCUT2D eigenvalue weighted by atomic mass is 9.79. The van der Waals surface area contributed by atoms with Crippen molar-refractivity contribution in [1.82, 2.24) is 19.9 Å². The van der Waals surface area contributed by atoms with Gasteiger partial charge in [-0.3, -0.25) is 14.2 Å². The zero-order chi connectivity index (χ0) is 19.6. The first kappa shape index (κ1) is 17.0. The number of rotatable bonds is 3. The number of H-pyrrole nitrogens is 1. The minimum absolute atomic E-state index is 0.107. The first-order chi connectivity index (χ1) is 13.4. The summed E-state index contributed by atoms with van der Waals surface area (Å²) < 4.78 is 16.3. The van der Waals surface area contributed by atoms with Crippen LogP contribution in [0.4, 0.5) is 10.3 Å². The molecule has 3 N–H and O–H groups in total. The highest BCUT2D eigenvalue weighted by Crippen LogP contribution is 2.35. The van der Waals surface area contributed by atoms with Gasteiger partial charge >= 0.3 is 0 Å². The summed E-state index contributed by atoms with van der Waals surface area (Å²) in [5, 5.41) is 6.41. The maximum Gasteiger partial charge on any atom is 0.262 e. The molecule has 1 fully saturated rings. The monoisotopic (exact) mass is 381 g/mol. The number of aromatic amines is 1. The molecule has 2 aromatic heterocycles. The molecule has 1 aliphatic heterocycles. The lowest BCUT2D eigenvalue weighted by Gasteiger charge is -2.39. The molecule has 3 aromatic rings. The number of hydrogen-bond acceptors (Lipinski definition) is 4. The van der Waals surface area contributed by atoms with Gasteiger partial charge in [0.05, 0.1) is 34.3 Å². The third-order valence-corrected chi connectivity index (χ3v) is 5.91. The van der Waals surface area contributed by atoms with Gasteiger partial charge in [0, 0.05) is 18.3 Å². The maximum absolute atomic E-state index is 14.9. The summed E-state index contributed by atoms with van der Waals surface area (Å²) in [7, 11) is 1.66. The number of nitrogens with one attached hydrogen (secondary N) is 3. The lowest BCUT2D eigenvalue weighted by Crippen LogP contribution is -2.43. The molecule has 0 radical (unpaired) electrons. The average molecular weight is 381 g/mol. The summed E-state index contributed by atoms with van der Waals surface area (Å²) in [6.45, 7) is 2.47. The van der Waals surface area contributed by atoms with Gasteiger partial charge in [-0.25, -0.2) is 9.37 Å². The number of nitrogens with zero attached hydrogens (tertiary/aromatic N) is 2. The molecule has 1 amide bonds. The Hall–Kier alpha value is -3.16. The van der Waals surface area contributed by atoms with Crippen molar-refractivity contribution in [3.63, 3.8) is 0 Å². The van der Waals surface area contributed by atoms with Gasteiger partial charge in [-0.1, -0.05) is 0 Å². The van der Waals surface area contributed by atoms with Gasteiger partial charge in [-0.15, -0.1) is 0 Å². The van der Waals surface area contributed by atoms with Crippen LogP contribution in [-0.4, -0.2) is 26.0 Å². The first-order valence-corrected chi connectivity index (χ1v) is 9.34. The molecular formula is C20H20FN5O2. The lowest BCUT2D eigenvalue weighted by molar-refractivity contribution is 0.0965. The largest absolute Gasteiger partial charge is 0.356 e. The Kier molecular flexibility index (Phi) is 3.44. The second kappa shape index (κ2) is 5.67. The molecule has 0 unspecified atom stereocenters. The van der Waals surface area contributed by atoms with Gasteiger partial charge < -0.3 is 15.6 Å². The van der Waals surface area contributed by atoms with Crippen molar-refractivity contribution in [2.45, 2.75) is 38.3 Å². The van der Waals surface area contributed by atoms with Crippen molar-refractivity contribution in [3.8, 4) is 11.3 Å². The Labute approximate surface area is 160 Å². The molecule has 0 atom stereocenters. The first-order valence-electron chi connectivity index (χ1n) is 9.34. The molecule has 0 saturated heterocycles. The molecule has 1 saturated carbocycles. The highest BCUT2D eigenvalue weighted by Gasteiger charge is 2.33. The topological polar surface area (TPSA) is 91.8 Å². The Morgan fingerprint density at radius 3 is 2.75 bits per heavy atom. The maximum atomic E-state index is 14.9. The molecule has 1 aromatic carbocycles. The van der Waals surface area contributed by atoms with Crippen LogP contribution in [0.25, 0.3) is 22.2 Å². The summed E-state index contributed by atoms with van der Waals surface area (Å²) >= 11 is 0. The molecule has 28 heavy (non-hydrogen) atoms. The van der Waals surface area contributed by atoms with E-state index in [1.807, 2.05) is 0 Å². The Morgan fingerprint density at radius 1 is 1.29 bits per heavy atom. The van der Waals surface area contributed by atoms with Gasteiger partial charge in [0.2, 0.25) is 5.95 Å². The van der Waals surface area contributed by atoms with Crippen LogP contribution in [0, 0.1) is 5.82 Å². The van der Waals surface area contributed by atoms with Gasteiger partial charge in [-0.2, -0.15) is 0 Å².